The first-order valence-corrected chi connectivity index (χ1v) is 18.8. The molecular formula is C45H27N5S2. The molecule has 2 aliphatic heterocycles. The van der Waals surface area contributed by atoms with E-state index in [1.165, 1.54) is 42.2 Å². The monoisotopic (exact) mass is 701 g/mol. The van der Waals surface area contributed by atoms with Gasteiger partial charge in [0.2, 0.25) is 5.95 Å². The average Bonchev–Trinajstić information content (AvgIpc) is 3.55. The van der Waals surface area contributed by atoms with E-state index in [9.17, 15) is 0 Å². The van der Waals surface area contributed by atoms with Crippen molar-refractivity contribution in [3.05, 3.63) is 164 Å². The molecule has 2 aromatic heterocycles. The summed E-state index contributed by atoms with van der Waals surface area (Å²) in [4.78, 5) is 22.7. The van der Waals surface area contributed by atoms with Crippen LogP contribution in [0.3, 0.4) is 0 Å². The van der Waals surface area contributed by atoms with Gasteiger partial charge < -0.3 is 4.90 Å². The summed E-state index contributed by atoms with van der Waals surface area (Å²) in [7, 11) is 0. The second kappa shape index (κ2) is 11.7. The minimum Gasteiger partial charge on any atom is -0.306 e. The van der Waals surface area contributed by atoms with Crippen molar-refractivity contribution in [1.29, 1.82) is 0 Å². The van der Waals surface area contributed by atoms with E-state index in [1.807, 2.05) is 84.2 Å². The molecule has 0 aliphatic carbocycles. The maximum Gasteiger partial charge on any atom is 0.238 e. The molecule has 2 aliphatic rings. The van der Waals surface area contributed by atoms with Gasteiger partial charge in [0.05, 0.1) is 28.1 Å². The topological polar surface area (TPSA) is 46.8 Å². The standard InChI is InChI=1S/C45H27N5S2/c1-3-13-28(14-4-1)43-46-44(29-15-5-2-6-16-29)48-45(47-43)50-34-18-8-7-17-32(34)33-24-23-30(25-37(33)50)31-26-40-42-41(27-31)52-39-22-12-10-20-36(39)49(42)35-19-9-11-21-38(35)51-40/h1-27H. The summed E-state index contributed by atoms with van der Waals surface area (Å²) in [6, 6.07) is 57.8. The van der Waals surface area contributed by atoms with Gasteiger partial charge in [0.1, 0.15) is 0 Å². The molecule has 9 aromatic rings. The number of hydrogen-bond donors (Lipinski definition) is 0. The number of anilines is 3. The van der Waals surface area contributed by atoms with Gasteiger partial charge in [-0.05, 0) is 59.7 Å². The number of benzene rings is 7. The zero-order valence-electron chi connectivity index (χ0n) is 27.6. The molecule has 244 valence electrons. The Kier molecular flexibility index (Phi) is 6.65. The van der Waals surface area contributed by atoms with Crippen LogP contribution in [0, 0.1) is 0 Å². The van der Waals surface area contributed by atoms with Gasteiger partial charge in [-0.2, -0.15) is 9.97 Å². The number of hydrogen-bond acceptors (Lipinski definition) is 6. The van der Waals surface area contributed by atoms with Gasteiger partial charge in [-0.1, -0.05) is 139 Å². The normalized spacial score (nSPS) is 12.8. The third-order valence-electron chi connectivity index (χ3n) is 9.81. The van der Waals surface area contributed by atoms with Crippen molar-refractivity contribution in [3.8, 4) is 39.9 Å². The maximum atomic E-state index is 5.15. The molecule has 0 fully saturated rings. The predicted molar refractivity (Wildman–Crippen MR) is 213 cm³/mol. The van der Waals surface area contributed by atoms with Crippen LogP contribution in [0.25, 0.3) is 61.7 Å². The molecule has 0 saturated heterocycles. The van der Waals surface area contributed by atoms with Crippen molar-refractivity contribution >= 4 is 62.4 Å². The van der Waals surface area contributed by atoms with Crippen LogP contribution in [0.4, 0.5) is 17.1 Å². The molecule has 7 heteroatoms. The van der Waals surface area contributed by atoms with Gasteiger partial charge >= 0.3 is 0 Å². The predicted octanol–water partition coefficient (Wildman–Crippen LogP) is 12.4. The fourth-order valence-corrected chi connectivity index (χ4v) is 9.78. The van der Waals surface area contributed by atoms with Crippen LogP contribution in [0.1, 0.15) is 0 Å². The minimum atomic E-state index is 0.589. The lowest BCUT2D eigenvalue weighted by atomic mass is 10.0. The highest BCUT2D eigenvalue weighted by molar-refractivity contribution is 8.00. The highest BCUT2D eigenvalue weighted by atomic mass is 32.2. The number of para-hydroxylation sites is 3. The first kappa shape index (κ1) is 29.6. The minimum absolute atomic E-state index is 0.589. The van der Waals surface area contributed by atoms with Gasteiger partial charge in [0, 0.05) is 41.5 Å². The zero-order valence-corrected chi connectivity index (χ0v) is 29.3. The van der Waals surface area contributed by atoms with E-state index in [1.54, 1.807) is 0 Å². The molecule has 0 saturated carbocycles. The van der Waals surface area contributed by atoms with Crippen molar-refractivity contribution in [2.24, 2.45) is 0 Å². The Morgan fingerprint density at radius 1 is 0.385 bits per heavy atom. The fraction of sp³-hybridized carbons (Fsp3) is 0. The Morgan fingerprint density at radius 3 is 1.56 bits per heavy atom. The summed E-state index contributed by atoms with van der Waals surface area (Å²) < 4.78 is 2.20. The van der Waals surface area contributed by atoms with Crippen molar-refractivity contribution < 1.29 is 0 Å². The molecule has 0 atom stereocenters. The quantitative estimate of drug-likeness (QED) is 0.182. The van der Waals surface area contributed by atoms with Crippen LogP contribution in [0.5, 0.6) is 0 Å². The second-order valence-electron chi connectivity index (χ2n) is 12.9. The highest BCUT2D eigenvalue weighted by Gasteiger charge is 2.33. The van der Waals surface area contributed by atoms with Gasteiger partial charge in [-0.15, -0.1) is 0 Å². The van der Waals surface area contributed by atoms with Crippen molar-refractivity contribution in [2.75, 3.05) is 4.90 Å². The van der Waals surface area contributed by atoms with E-state index >= 15 is 0 Å². The lowest BCUT2D eigenvalue weighted by molar-refractivity contribution is 0.953. The van der Waals surface area contributed by atoms with Crippen LogP contribution in [-0.2, 0) is 0 Å². The molecular weight excluding hydrogens is 675 g/mol. The first-order valence-electron chi connectivity index (χ1n) is 17.2. The fourth-order valence-electron chi connectivity index (χ4n) is 7.45. The van der Waals surface area contributed by atoms with Crippen LogP contribution in [0.2, 0.25) is 0 Å². The lowest BCUT2D eigenvalue weighted by Gasteiger charge is -2.38. The number of fused-ring (bicyclic) bond motifs is 7. The second-order valence-corrected chi connectivity index (χ2v) is 15.1. The van der Waals surface area contributed by atoms with Gasteiger partial charge in [-0.3, -0.25) is 4.57 Å². The molecule has 0 spiro atoms. The van der Waals surface area contributed by atoms with E-state index in [4.69, 9.17) is 15.0 Å². The summed E-state index contributed by atoms with van der Waals surface area (Å²) >= 11 is 3.70. The van der Waals surface area contributed by atoms with E-state index < -0.39 is 0 Å². The molecule has 7 aromatic carbocycles. The van der Waals surface area contributed by atoms with Gasteiger partial charge in [0.15, 0.2) is 11.6 Å². The Hall–Kier alpha value is -6.15. The zero-order chi connectivity index (χ0) is 34.2. The molecule has 0 radical (unpaired) electrons. The van der Waals surface area contributed by atoms with Crippen LogP contribution >= 0.6 is 23.5 Å². The van der Waals surface area contributed by atoms with E-state index in [2.05, 4.69) is 113 Å². The molecule has 0 unspecified atom stereocenters. The third kappa shape index (κ3) is 4.63. The van der Waals surface area contributed by atoms with Crippen molar-refractivity contribution in [1.82, 2.24) is 19.5 Å². The number of aromatic nitrogens is 4. The summed E-state index contributed by atoms with van der Waals surface area (Å²) in [5.41, 5.74) is 10.0. The molecule has 11 rings (SSSR count). The Balaban J connectivity index is 1.13. The summed E-state index contributed by atoms with van der Waals surface area (Å²) in [5.74, 6) is 1.87. The van der Waals surface area contributed by atoms with E-state index in [-0.39, 0.29) is 0 Å². The largest absolute Gasteiger partial charge is 0.306 e. The summed E-state index contributed by atoms with van der Waals surface area (Å²) in [5, 5.41) is 2.31. The highest BCUT2D eigenvalue weighted by Crippen LogP contribution is 2.60. The van der Waals surface area contributed by atoms with Crippen LogP contribution in [-0.4, -0.2) is 19.5 Å². The smallest absolute Gasteiger partial charge is 0.238 e. The molecule has 52 heavy (non-hydrogen) atoms. The molecule has 4 heterocycles. The summed E-state index contributed by atoms with van der Waals surface area (Å²) in [6.45, 7) is 0. The number of nitrogens with zero attached hydrogens (tertiary/aromatic N) is 5. The Bertz CT molecular complexity index is 2740. The van der Waals surface area contributed by atoms with Crippen molar-refractivity contribution in [2.45, 2.75) is 19.6 Å². The molecule has 0 amide bonds. The van der Waals surface area contributed by atoms with E-state index in [0.717, 1.165) is 38.5 Å². The maximum absolute atomic E-state index is 5.15. The Labute approximate surface area is 308 Å². The van der Waals surface area contributed by atoms with Crippen molar-refractivity contribution in [3.63, 3.8) is 0 Å². The first-order chi connectivity index (χ1) is 25.8. The van der Waals surface area contributed by atoms with Crippen LogP contribution < -0.4 is 4.90 Å². The summed E-state index contributed by atoms with van der Waals surface area (Å²) in [6.07, 6.45) is 0. The Morgan fingerprint density at radius 2 is 0.923 bits per heavy atom. The third-order valence-corrected chi connectivity index (χ3v) is 12.0. The molecule has 0 N–H and O–H groups in total. The SMILES string of the molecule is c1ccc(-c2nc(-c3ccccc3)nc(-n3c4ccccc4c4ccc(-c5cc6c7c(c5)Sc5ccccc5N7c5ccccc5S6)cc43)n2)cc1. The van der Waals surface area contributed by atoms with Gasteiger partial charge in [-0.25, -0.2) is 4.98 Å². The average molecular weight is 702 g/mol. The molecule has 5 nitrogen and oxygen atoms in total. The van der Waals surface area contributed by atoms with Crippen LogP contribution in [0.15, 0.2) is 183 Å². The van der Waals surface area contributed by atoms with E-state index in [0.29, 0.717) is 17.6 Å². The molecule has 0 bridgehead atoms. The number of rotatable bonds is 4. The van der Waals surface area contributed by atoms with Gasteiger partial charge in [0.25, 0.3) is 0 Å². The lowest BCUT2D eigenvalue weighted by Crippen LogP contribution is -2.18.